The van der Waals surface area contributed by atoms with Crippen molar-refractivity contribution in [2.45, 2.75) is 30.2 Å². The highest BCUT2D eigenvalue weighted by atomic mass is 32.2. The molecule has 0 saturated carbocycles. The highest BCUT2D eigenvalue weighted by Crippen LogP contribution is 2.21. The zero-order chi connectivity index (χ0) is 14.8. The molecule has 0 aromatic heterocycles. The van der Waals surface area contributed by atoms with Gasteiger partial charge in [-0.3, -0.25) is 0 Å². The highest BCUT2D eigenvalue weighted by molar-refractivity contribution is 7.89. The Balaban J connectivity index is 2.09. The van der Waals surface area contributed by atoms with Gasteiger partial charge in [0.25, 0.3) is 0 Å². The molecule has 7 heteroatoms. The minimum absolute atomic E-state index is 0.174. The lowest BCUT2D eigenvalue weighted by molar-refractivity contribution is 0.187. The summed E-state index contributed by atoms with van der Waals surface area (Å²) >= 11 is 0. The average molecular weight is 301 g/mol. The average Bonchev–Trinajstić information content (AvgIpc) is 2.41. The first-order valence-corrected chi connectivity index (χ1v) is 8.14. The van der Waals surface area contributed by atoms with E-state index in [2.05, 4.69) is 9.62 Å². The molecule has 0 spiro atoms. The van der Waals surface area contributed by atoms with Gasteiger partial charge in [-0.25, -0.2) is 17.5 Å². The number of para-hydroxylation sites is 1. The van der Waals surface area contributed by atoms with Gasteiger partial charge in [0.15, 0.2) is 0 Å². The molecule has 3 N–H and O–H groups in total. The van der Waals surface area contributed by atoms with Crippen LogP contribution in [0.3, 0.4) is 0 Å². The Labute approximate surface area is 119 Å². The van der Waals surface area contributed by atoms with Crippen molar-refractivity contribution in [1.29, 1.82) is 0 Å². The molecular formula is C13H20FN3O2S. The molecule has 0 aliphatic carbocycles. The van der Waals surface area contributed by atoms with E-state index in [-0.39, 0.29) is 16.6 Å². The van der Waals surface area contributed by atoms with Crippen LogP contribution in [0.1, 0.15) is 19.3 Å². The number of nitrogen functional groups attached to an aromatic ring is 1. The second-order valence-corrected chi connectivity index (χ2v) is 6.87. The van der Waals surface area contributed by atoms with E-state index in [9.17, 15) is 12.8 Å². The van der Waals surface area contributed by atoms with Gasteiger partial charge in [-0.15, -0.1) is 0 Å². The van der Waals surface area contributed by atoms with Crippen LogP contribution in [-0.4, -0.2) is 39.5 Å². The van der Waals surface area contributed by atoms with Gasteiger partial charge in [0.2, 0.25) is 10.0 Å². The fourth-order valence-electron chi connectivity index (χ4n) is 2.44. The van der Waals surface area contributed by atoms with Crippen molar-refractivity contribution < 1.29 is 12.8 Å². The van der Waals surface area contributed by atoms with E-state index in [1.165, 1.54) is 12.1 Å². The fraction of sp³-hybridized carbons (Fsp3) is 0.538. The normalized spacial score (nSPS) is 21.0. The van der Waals surface area contributed by atoms with Crippen LogP contribution in [0.2, 0.25) is 0 Å². The smallest absolute Gasteiger partial charge is 0.242 e. The van der Waals surface area contributed by atoms with Crippen molar-refractivity contribution in [3.05, 3.63) is 24.0 Å². The Hall–Kier alpha value is -1.18. The van der Waals surface area contributed by atoms with Gasteiger partial charge in [0, 0.05) is 12.6 Å². The van der Waals surface area contributed by atoms with Crippen LogP contribution in [0.4, 0.5) is 10.1 Å². The fourth-order valence-corrected chi connectivity index (χ4v) is 3.65. The summed E-state index contributed by atoms with van der Waals surface area (Å²) in [7, 11) is -1.80. The van der Waals surface area contributed by atoms with Gasteiger partial charge in [-0.2, -0.15) is 0 Å². The number of anilines is 1. The molecule has 1 atom stereocenters. The highest BCUT2D eigenvalue weighted by Gasteiger charge is 2.24. The molecule has 20 heavy (non-hydrogen) atoms. The number of halogens is 1. The van der Waals surface area contributed by atoms with Crippen molar-refractivity contribution in [3.63, 3.8) is 0 Å². The van der Waals surface area contributed by atoms with Crippen molar-refractivity contribution in [1.82, 2.24) is 9.62 Å². The standard InChI is InChI=1S/C13H20FN3O2S/c1-17-8-3-2-5-10(17)9-16-20(18,19)12-7-4-6-11(14)13(12)15/h4,6-7,10,16H,2-3,5,8-9,15H2,1H3. The first-order chi connectivity index (χ1) is 9.42. The van der Waals surface area contributed by atoms with E-state index in [1.54, 1.807) is 0 Å². The van der Waals surface area contributed by atoms with Crippen molar-refractivity contribution >= 4 is 15.7 Å². The molecule has 1 aromatic rings. The van der Waals surface area contributed by atoms with Crippen molar-refractivity contribution in [2.24, 2.45) is 0 Å². The summed E-state index contributed by atoms with van der Waals surface area (Å²) in [6.07, 6.45) is 3.19. The van der Waals surface area contributed by atoms with Gasteiger partial charge in [0.1, 0.15) is 10.7 Å². The summed E-state index contributed by atoms with van der Waals surface area (Å²) in [5.41, 5.74) is 5.16. The summed E-state index contributed by atoms with van der Waals surface area (Å²) in [6.45, 7) is 1.28. The molecule has 0 radical (unpaired) electrons. The second-order valence-electron chi connectivity index (χ2n) is 5.13. The zero-order valence-corrected chi connectivity index (χ0v) is 12.3. The molecule has 2 rings (SSSR count). The largest absolute Gasteiger partial charge is 0.395 e. The van der Waals surface area contributed by atoms with Gasteiger partial charge < -0.3 is 10.6 Å². The minimum Gasteiger partial charge on any atom is -0.395 e. The van der Waals surface area contributed by atoms with Gasteiger partial charge in [-0.05, 0) is 38.6 Å². The SMILES string of the molecule is CN1CCCCC1CNS(=O)(=O)c1cccc(F)c1N. The third kappa shape index (κ3) is 3.28. The topological polar surface area (TPSA) is 75.4 Å². The molecule has 5 nitrogen and oxygen atoms in total. The molecule has 0 bridgehead atoms. The third-order valence-electron chi connectivity index (χ3n) is 3.73. The lowest BCUT2D eigenvalue weighted by Crippen LogP contribution is -2.44. The van der Waals surface area contributed by atoms with Crippen LogP contribution in [0, 0.1) is 5.82 Å². The number of likely N-dealkylation sites (tertiary alicyclic amines) is 1. The number of likely N-dealkylation sites (N-methyl/N-ethyl adjacent to an activating group) is 1. The number of rotatable bonds is 4. The number of hydrogen-bond donors (Lipinski definition) is 2. The predicted octanol–water partition coefficient (Wildman–Crippen LogP) is 1.17. The predicted molar refractivity (Wildman–Crippen MR) is 76.3 cm³/mol. The summed E-state index contributed by atoms with van der Waals surface area (Å²) in [6, 6.07) is 3.97. The Morgan fingerprint density at radius 1 is 1.45 bits per heavy atom. The molecular weight excluding hydrogens is 281 g/mol. The monoisotopic (exact) mass is 301 g/mol. The number of benzene rings is 1. The molecule has 1 aromatic carbocycles. The van der Waals surface area contributed by atoms with Crippen LogP contribution < -0.4 is 10.5 Å². The Morgan fingerprint density at radius 2 is 2.20 bits per heavy atom. The lowest BCUT2D eigenvalue weighted by Gasteiger charge is -2.32. The molecule has 1 saturated heterocycles. The third-order valence-corrected chi connectivity index (χ3v) is 5.21. The molecule has 1 fully saturated rings. The van der Waals surface area contributed by atoms with E-state index in [0.717, 1.165) is 31.9 Å². The van der Waals surface area contributed by atoms with Gasteiger partial charge >= 0.3 is 0 Å². The number of nitrogens with two attached hydrogens (primary N) is 1. The van der Waals surface area contributed by atoms with Gasteiger partial charge in [0.05, 0.1) is 5.69 Å². The molecule has 1 unspecified atom stereocenters. The number of nitrogens with zero attached hydrogens (tertiary/aromatic N) is 1. The lowest BCUT2D eigenvalue weighted by atomic mass is 10.0. The van der Waals surface area contributed by atoms with Crippen LogP contribution in [0.25, 0.3) is 0 Å². The maximum atomic E-state index is 13.3. The first kappa shape index (κ1) is 15.2. The summed E-state index contributed by atoms with van der Waals surface area (Å²) in [5, 5.41) is 0. The molecule has 1 heterocycles. The van der Waals surface area contributed by atoms with E-state index in [1.807, 2.05) is 7.05 Å². The summed E-state index contributed by atoms with van der Waals surface area (Å²) in [4.78, 5) is 1.94. The second kappa shape index (κ2) is 6.07. The van der Waals surface area contributed by atoms with Crippen LogP contribution in [-0.2, 0) is 10.0 Å². The maximum absolute atomic E-state index is 13.3. The first-order valence-electron chi connectivity index (χ1n) is 6.65. The van der Waals surface area contributed by atoms with Crippen LogP contribution in [0.5, 0.6) is 0 Å². The Morgan fingerprint density at radius 3 is 2.90 bits per heavy atom. The van der Waals surface area contributed by atoms with Crippen LogP contribution >= 0.6 is 0 Å². The van der Waals surface area contributed by atoms with Gasteiger partial charge in [-0.1, -0.05) is 12.5 Å². The number of sulfonamides is 1. The summed E-state index contributed by atoms with van der Waals surface area (Å²) < 4.78 is 40.2. The van der Waals surface area contributed by atoms with E-state index in [4.69, 9.17) is 5.73 Å². The van der Waals surface area contributed by atoms with Crippen molar-refractivity contribution in [2.75, 3.05) is 25.9 Å². The van der Waals surface area contributed by atoms with Crippen molar-refractivity contribution in [3.8, 4) is 0 Å². The minimum atomic E-state index is -3.78. The summed E-state index contributed by atoms with van der Waals surface area (Å²) in [5.74, 6) is -0.720. The van der Waals surface area contributed by atoms with E-state index in [0.29, 0.717) is 6.54 Å². The number of nitrogens with one attached hydrogen (secondary N) is 1. The van der Waals surface area contributed by atoms with E-state index < -0.39 is 15.8 Å². The van der Waals surface area contributed by atoms with E-state index >= 15 is 0 Å². The zero-order valence-electron chi connectivity index (χ0n) is 11.5. The molecule has 0 amide bonds. The molecule has 112 valence electrons. The maximum Gasteiger partial charge on any atom is 0.242 e. The number of piperidine rings is 1. The Bertz CT molecular complexity index is 577. The van der Waals surface area contributed by atoms with Crippen LogP contribution in [0.15, 0.2) is 23.1 Å². The molecule has 1 aliphatic heterocycles. The Kier molecular flexibility index (Phi) is 4.62. The number of hydrogen-bond acceptors (Lipinski definition) is 4. The molecule has 1 aliphatic rings. The quantitative estimate of drug-likeness (QED) is 0.819.